The van der Waals surface area contributed by atoms with Crippen LogP contribution >= 0.6 is 12.2 Å². The normalized spacial score (nSPS) is 15.4. The van der Waals surface area contributed by atoms with Gasteiger partial charge in [0.05, 0.1) is 0 Å². The molecule has 6 nitrogen and oxygen atoms in total. The Bertz CT molecular complexity index is 425. The fourth-order valence-electron chi connectivity index (χ4n) is 1.12. The molecule has 1 aromatic rings. The zero-order valence-corrected chi connectivity index (χ0v) is 8.19. The van der Waals surface area contributed by atoms with E-state index in [-0.39, 0.29) is 22.9 Å². The summed E-state index contributed by atoms with van der Waals surface area (Å²) in [6, 6.07) is 0.301. The smallest absolute Gasteiger partial charge is 0.342 e. The number of carbonyl (C=O) groups is 1. The van der Waals surface area contributed by atoms with Gasteiger partial charge in [-0.1, -0.05) is 0 Å². The standard InChI is InChI=1S/C7H10N4O2S/c12-5(8-4-1-2-4)3-11-6(13)9-10-7(11)14/h4H,1-3H2,(H,8,12)(H,9,13)(H,10,14). The van der Waals surface area contributed by atoms with Crippen LogP contribution in [-0.2, 0) is 11.3 Å². The second-order valence-electron chi connectivity index (χ2n) is 3.29. The molecule has 1 fully saturated rings. The number of nitrogens with zero attached hydrogens (tertiary/aromatic N) is 1. The number of carbonyl (C=O) groups excluding carboxylic acids is 1. The maximum Gasteiger partial charge on any atom is 0.342 e. The lowest BCUT2D eigenvalue weighted by atomic mass is 10.5. The molecular weight excluding hydrogens is 204 g/mol. The second-order valence-corrected chi connectivity index (χ2v) is 3.67. The highest BCUT2D eigenvalue weighted by atomic mass is 32.1. The first-order valence-corrected chi connectivity index (χ1v) is 4.74. The zero-order valence-electron chi connectivity index (χ0n) is 7.37. The number of aromatic nitrogens is 3. The molecule has 2 rings (SSSR count). The average Bonchev–Trinajstić information content (AvgIpc) is 2.88. The Balaban J connectivity index is 2.05. The summed E-state index contributed by atoms with van der Waals surface area (Å²) in [6.45, 7) is -0.0197. The van der Waals surface area contributed by atoms with Gasteiger partial charge in [-0.15, -0.1) is 0 Å². The predicted octanol–water partition coefficient (Wildman–Crippen LogP) is -0.487. The van der Waals surface area contributed by atoms with E-state index in [0.29, 0.717) is 6.04 Å². The van der Waals surface area contributed by atoms with Crippen molar-refractivity contribution >= 4 is 18.1 Å². The van der Waals surface area contributed by atoms with Gasteiger partial charge in [-0.25, -0.2) is 9.89 Å². The fourth-order valence-corrected chi connectivity index (χ4v) is 1.32. The molecule has 1 aliphatic rings. The largest absolute Gasteiger partial charge is 0.352 e. The molecule has 1 saturated carbocycles. The molecule has 1 aromatic heterocycles. The molecule has 0 unspecified atom stereocenters. The van der Waals surface area contributed by atoms with Crippen LogP contribution in [0.15, 0.2) is 4.79 Å². The third-order valence-corrected chi connectivity index (χ3v) is 2.33. The van der Waals surface area contributed by atoms with Crippen LogP contribution in [0, 0.1) is 4.77 Å². The van der Waals surface area contributed by atoms with E-state index in [0.717, 1.165) is 12.8 Å². The van der Waals surface area contributed by atoms with E-state index in [4.69, 9.17) is 12.2 Å². The van der Waals surface area contributed by atoms with E-state index < -0.39 is 0 Å². The van der Waals surface area contributed by atoms with Gasteiger partial charge in [-0.05, 0) is 25.1 Å². The Morgan fingerprint density at radius 2 is 2.29 bits per heavy atom. The summed E-state index contributed by atoms with van der Waals surface area (Å²) >= 11 is 4.82. The summed E-state index contributed by atoms with van der Waals surface area (Å²) < 4.78 is 1.42. The molecule has 3 N–H and O–H groups in total. The summed E-state index contributed by atoms with van der Waals surface area (Å²) in [4.78, 5) is 22.4. The highest BCUT2D eigenvalue weighted by Gasteiger charge is 2.23. The third-order valence-electron chi connectivity index (χ3n) is 2.01. The molecule has 0 radical (unpaired) electrons. The first-order valence-electron chi connectivity index (χ1n) is 4.33. The van der Waals surface area contributed by atoms with Crippen LogP contribution < -0.4 is 11.0 Å². The van der Waals surface area contributed by atoms with Crippen molar-refractivity contribution in [2.45, 2.75) is 25.4 Å². The van der Waals surface area contributed by atoms with Gasteiger partial charge < -0.3 is 5.32 Å². The molecule has 14 heavy (non-hydrogen) atoms. The highest BCUT2D eigenvalue weighted by molar-refractivity contribution is 7.71. The number of hydrogen-bond donors (Lipinski definition) is 3. The number of nitrogens with one attached hydrogen (secondary N) is 3. The van der Waals surface area contributed by atoms with Gasteiger partial charge in [0.1, 0.15) is 6.54 Å². The third kappa shape index (κ3) is 1.92. The van der Waals surface area contributed by atoms with Crippen molar-refractivity contribution in [3.8, 4) is 0 Å². The number of amides is 1. The second kappa shape index (κ2) is 3.41. The van der Waals surface area contributed by atoms with E-state index in [1.54, 1.807) is 0 Å². The molecular formula is C7H10N4O2S. The van der Waals surface area contributed by atoms with E-state index in [2.05, 4.69) is 15.5 Å². The Morgan fingerprint density at radius 3 is 2.79 bits per heavy atom. The number of hydrogen-bond acceptors (Lipinski definition) is 3. The molecule has 1 amide bonds. The van der Waals surface area contributed by atoms with Gasteiger partial charge in [0.2, 0.25) is 5.91 Å². The van der Waals surface area contributed by atoms with Crippen molar-refractivity contribution in [1.82, 2.24) is 20.1 Å². The average molecular weight is 214 g/mol. The van der Waals surface area contributed by atoms with Crippen LogP contribution in [0.25, 0.3) is 0 Å². The zero-order chi connectivity index (χ0) is 10.1. The number of H-pyrrole nitrogens is 2. The summed E-state index contributed by atoms with van der Waals surface area (Å²) in [5.41, 5.74) is -0.388. The molecule has 1 aliphatic carbocycles. The molecule has 0 saturated heterocycles. The molecule has 0 spiro atoms. The topological polar surface area (TPSA) is 82.7 Å². The van der Waals surface area contributed by atoms with Gasteiger partial charge in [0.15, 0.2) is 4.77 Å². The predicted molar refractivity (Wildman–Crippen MR) is 51.4 cm³/mol. The SMILES string of the molecule is O=C(Cn1c(=O)[nH][nH]c1=S)NC1CC1. The first kappa shape index (κ1) is 9.20. The highest BCUT2D eigenvalue weighted by Crippen LogP contribution is 2.18. The number of aromatic amines is 2. The molecule has 1 heterocycles. The molecule has 0 aromatic carbocycles. The van der Waals surface area contributed by atoms with Crippen LogP contribution in [0.5, 0.6) is 0 Å². The Morgan fingerprint density at radius 1 is 1.57 bits per heavy atom. The van der Waals surface area contributed by atoms with E-state index in [9.17, 15) is 9.59 Å². The number of rotatable bonds is 3. The van der Waals surface area contributed by atoms with E-state index in [1.165, 1.54) is 4.57 Å². The van der Waals surface area contributed by atoms with E-state index in [1.807, 2.05) is 0 Å². The van der Waals surface area contributed by atoms with Crippen molar-refractivity contribution in [2.75, 3.05) is 0 Å². The molecule has 0 aliphatic heterocycles. The van der Waals surface area contributed by atoms with Crippen LogP contribution in [0.1, 0.15) is 12.8 Å². The van der Waals surface area contributed by atoms with Crippen molar-refractivity contribution in [3.63, 3.8) is 0 Å². The minimum Gasteiger partial charge on any atom is -0.352 e. The van der Waals surface area contributed by atoms with Gasteiger partial charge in [-0.2, -0.15) is 0 Å². The van der Waals surface area contributed by atoms with Crippen LogP contribution in [0.2, 0.25) is 0 Å². The lowest BCUT2D eigenvalue weighted by Crippen LogP contribution is -2.32. The van der Waals surface area contributed by atoms with Crippen molar-refractivity contribution in [1.29, 1.82) is 0 Å². The van der Waals surface area contributed by atoms with Crippen LogP contribution in [0.3, 0.4) is 0 Å². The lowest BCUT2D eigenvalue weighted by molar-refractivity contribution is -0.121. The molecule has 0 atom stereocenters. The summed E-state index contributed by atoms with van der Waals surface area (Å²) in [5.74, 6) is -0.172. The van der Waals surface area contributed by atoms with Crippen molar-refractivity contribution < 1.29 is 4.79 Å². The van der Waals surface area contributed by atoms with Crippen molar-refractivity contribution in [3.05, 3.63) is 15.3 Å². The minimum atomic E-state index is -0.388. The molecule has 7 heteroatoms. The Kier molecular flexibility index (Phi) is 2.24. The van der Waals surface area contributed by atoms with Crippen molar-refractivity contribution in [2.24, 2.45) is 0 Å². The maximum atomic E-state index is 11.3. The van der Waals surface area contributed by atoms with Gasteiger partial charge in [0.25, 0.3) is 0 Å². The lowest BCUT2D eigenvalue weighted by Gasteiger charge is -2.01. The van der Waals surface area contributed by atoms with Gasteiger partial charge >= 0.3 is 5.69 Å². The van der Waals surface area contributed by atoms with Gasteiger partial charge in [0, 0.05) is 6.04 Å². The minimum absolute atomic E-state index is 0.0197. The first-order chi connectivity index (χ1) is 6.66. The monoisotopic (exact) mass is 214 g/mol. The summed E-state index contributed by atoms with van der Waals surface area (Å²) in [7, 11) is 0. The van der Waals surface area contributed by atoms with E-state index >= 15 is 0 Å². The molecule has 0 bridgehead atoms. The molecule has 76 valence electrons. The Labute approximate surface area is 84.3 Å². The fraction of sp³-hybridized carbons (Fsp3) is 0.571. The van der Waals surface area contributed by atoms with Crippen LogP contribution in [0.4, 0.5) is 0 Å². The van der Waals surface area contributed by atoms with Gasteiger partial charge in [-0.3, -0.25) is 14.5 Å². The summed E-state index contributed by atoms with van der Waals surface area (Å²) in [6.07, 6.45) is 2.06. The summed E-state index contributed by atoms with van der Waals surface area (Å²) in [5, 5.41) is 7.55. The Hall–Kier alpha value is -1.37. The quantitative estimate of drug-likeness (QED) is 0.594. The maximum absolute atomic E-state index is 11.3. The van der Waals surface area contributed by atoms with Crippen LogP contribution in [-0.4, -0.2) is 26.7 Å².